The maximum Gasteiger partial charge on any atom is 0.342 e. The molecule has 0 bridgehead atoms. The Labute approximate surface area is 175 Å². The van der Waals surface area contributed by atoms with Crippen LogP contribution in [0.4, 0.5) is 11.5 Å². The van der Waals surface area contributed by atoms with Crippen molar-refractivity contribution >= 4 is 34.3 Å². The van der Waals surface area contributed by atoms with Gasteiger partial charge in [-0.05, 0) is 50.5 Å². The molecule has 1 fully saturated rings. The van der Waals surface area contributed by atoms with Crippen molar-refractivity contribution in [3.05, 3.63) is 65.7 Å². The Kier molecular flexibility index (Phi) is 5.65. The molecule has 30 heavy (non-hydrogen) atoms. The highest BCUT2D eigenvalue weighted by Gasteiger charge is 2.26. The number of pyridine rings is 1. The highest BCUT2D eigenvalue weighted by Crippen LogP contribution is 2.27. The number of para-hydroxylation sites is 2. The zero-order valence-electron chi connectivity index (χ0n) is 17.2. The minimum absolute atomic E-state index is 0.367. The molecule has 0 aliphatic carbocycles. The summed E-state index contributed by atoms with van der Waals surface area (Å²) in [7, 11) is 0. The van der Waals surface area contributed by atoms with Crippen LogP contribution in [-0.4, -0.2) is 36.1 Å². The molecule has 0 saturated carbocycles. The van der Waals surface area contributed by atoms with Gasteiger partial charge in [0.2, 0.25) is 0 Å². The third-order valence-electron chi connectivity index (χ3n) is 5.39. The molecule has 1 saturated heterocycles. The first kappa shape index (κ1) is 19.9. The summed E-state index contributed by atoms with van der Waals surface area (Å²) >= 11 is 0. The van der Waals surface area contributed by atoms with E-state index in [0.29, 0.717) is 17.1 Å². The van der Waals surface area contributed by atoms with E-state index in [-0.39, 0.29) is 5.91 Å². The molecule has 1 amide bonds. The number of nitrogens with one attached hydrogen (secondary N) is 1. The zero-order valence-corrected chi connectivity index (χ0v) is 17.2. The predicted octanol–water partition coefficient (Wildman–Crippen LogP) is 4.33. The number of esters is 1. The second-order valence-electron chi connectivity index (χ2n) is 7.60. The van der Waals surface area contributed by atoms with Gasteiger partial charge in [0.25, 0.3) is 5.91 Å². The Hall–Kier alpha value is -3.41. The van der Waals surface area contributed by atoms with Crippen LogP contribution in [0, 0.1) is 6.92 Å². The lowest BCUT2D eigenvalue weighted by Gasteiger charge is -2.21. The molecule has 1 aliphatic rings. The number of hydrogen-bond acceptors (Lipinski definition) is 5. The van der Waals surface area contributed by atoms with Crippen LogP contribution in [0.25, 0.3) is 10.9 Å². The van der Waals surface area contributed by atoms with Crippen molar-refractivity contribution in [3.63, 3.8) is 0 Å². The van der Waals surface area contributed by atoms with E-state index in [1.54, 1.807) is 6.92 Å². The van der Waals surface area contributed by atoms with E-state index in [9.17, 15) is 9.59 Å². The molecule has 2 aromatic carbocycles. The summed E-state index contributed by atoms with van der Waals surface area (Å²) in [6.07, 6.45) is 1.20. The lowest BCUT2D eigenvalue weighted by atomic mass is 10.1. The van der Waals surface area contributed by atoms with Crippen LogP contribution in [0.15, 0.2) is 54.6 Å². The number of fused-ring (bicyclic) bond motifs is 1. The first-order chi connectivity index (χ1) is 14.5. The summed E-state index contributed by atoms with van der Waals surface area (Å²) in [6.45, 7) is 5.20. The number of amides is 1. The molecule has 0 radical (unpaired) electrons. The highest BCUT2D eigenvalue weighted by atomic mass is 16.5. The number of carbonyl (C=O) groups is 2. The average Bonchev–Trinajstić information content (AvgIpc) is 3.29. The molecule has 6 nitrogen and oxygen atoms in total. The van der Waals surface area contributed by atoms with Crippen molar-refractivity contribution in [2.24, 2.45) is 0 Å². The third-order valence-corrected chi connectivity index (χ3v) is 5.39. The maximum absolute atomic E-state index is 13.0. The number of rotatable bonds is 5. The summed E-state index contributed by atoms with van der Waals surface area (Å²) in [6, 6.07) is 17.0. The van der Waals surface area contributed by atoms with E-state index >= 15 is 0 Å². The molecule has 1 unspecified atom stereocenters. The van der Waals surface area contributed by atoms with Gasteiger partial charge in [0.1, 0.15) is 11.4 Å². The van der Waals surface area contributed by atoms with Crippen molar-refractivity contribution in [2.75, 3.05) is 23.3 Å². The van der Waals surface area contributed by atoms with Crippen molar-refractivity contribution in [3.8, 4) is 0 Å². The van der Waals surface area contributed by atoms with Gasteiger partial charge >= 0.3 is 5.97 Å². The lowest BCUT2D eigenvalue weighted by molar-refractivity contribution is -0.123. The summed E-state index contributed by atoms with van der Waals surface area (Å²) in [4.78, 5) is 32.4. The Morgan fingerprint density at radius 1 is 1.07 bits per heavy atom. The van der Waals surface area contributed by atoms with E-state index in [1.165, 1.54) is 0 Å². The fourth-order valence-electron chi connectivity index (χ4n) is 3.65. The number of aromatic nitrogens is 1. The molecule has 1 N–H and O–H groups in total. The normalized spacial score (nSPS) is 14.5. The van der Waals surface area contributed by atoms with Crippen LogP contribution in [0.3, 0.4) is 0 Å². The van der Waals surface area contributed by atoms with E-state index < -0.39 is 12.1 Å². The first-order valence-electron chi connectivity index (χ1n) is 10.2. The van der Waals surface area contributed by atoms with Crippen LogP contribution in [-0.2, 0) is 9.53 Å². The molecule has 1 aliphatic heterocycles. The fourth-order valence-corrected chi connectivity index (χ4v) is 3.65. The molecule has 0 spiro atoms. The number of carbonyl (C=O) groups excluding carboxylic acids is 2. The van der Waals surface area contributed by atoms with Gasteiger partial charge in [-0.2, -0.15) is 0 Å². The minimum Gasteiger partial charge on any atom is -0.449 e. The number of nitrogens with zero attached hydrogens (tertiary/aromatic N) is 2. The van der Waals surface area contributed by atoms with Gasteiger partial charge < -0.3 is 15.0 Å². The number of benzene rings is 2. The van der Waals surface area contributed by atoms with Crippen molar-refractivity contribution in [1.29, 1.82) is 0 Å². The smallest absolute Gasteiger partial charge is 0.342 e. The van der Waals surface area contributed by atoms with Gasteiger partial charge in [-0.1, -0.05) is 36.4 Å². The van der Waals surface area contributed by atoms with Crippen LogP contribution < -0.4 is 10.2 Å². The molecule has 6 heteroatoms. The summed E-state index contributed by atoms with van der Waals surface area (Å²) in [5.74, 6) is -0.278. The fraction of sp³-hybridized carbons (Fsp3) is 0.292. The van der Waals surface area contributed by atoms with Gasteiger partial charge in [-0.25, -0.2) is 9.78 Å². The first-order valence-corrected chi connectivity index (χ1v) is 10.2. The molecule has 1 aromatic heterocycles. The van der Waals surface area contributed by atoms with Crippen molar-refractivity contribution < 1.29 is 14.3 Å². The van der Waals surface area contributed by atoms with E-state index in [1.807, 2.05) is 61.5 Å². The van der Waals surface area contributed by atoms with Gasteiger partial charge in [-0.3, -0.25) is 4.79 Å². The number of hydrogen-bond donors (Lipinski definition) is 1. The van der Waals surface area contributed by atoms with Crippen LogP contribution >= 0.6 is 0 Å². The Balaban J connectivity index is 1.56. The van der Waals surface area contributed by atoms with E-state index in [4.69, 9.17) is 9.72 Å². The minimum atomic E-state index is -0.935. The second kappa shape index (κ2) is 8.53. The second-order valence-corrected chi connectivity index (χ2v) is 7.60. The van der Waals surface area contributed by atoms with E-state index in [0.717, 1.165) is 42.4 Å². The predicted molar refractivity (Wildman–Crippen MR) is 118 cm³/mol. The standard InChI is InChI=1S/C24H25N3O3/c1-16-9-3-5-11-20(16)26-23(28)17(2)30-24(29)19-15-18-10-4-6-12-21(18)25-22(19)27-13-7-8-14-27/h3-6,9-12,15,17H,7-8,13-14H2,1-2H3,(H,26,28). The average molecular weight is 403 g/mol. The topological polar surface area (TPSA) is 71.5 Å². The quantitative estimate of drug-likeness (QED) is 0.642. The van der Waals surface area contributed by atoms with Crippen LogP contribution in [0.1, 0.15) is 35.7 Å². The molecule has 154 valence electrons. The number of ether oxygens (including phenoxy) is 1. The molecular weight excluding hydrogens is 378 g/mol. The number of aryl methyl sites for hydroxylation is 1. The van der Waals surface area contributed by atoms with Crippen molar-refractivity contribution in [1.82, 2.24) is 4.98 Å². The SMILES string of the molecule is Cc1ccccc1NC(=O)C(C)OC(=O)c1cc2ccccc2nc1N1CCCC1. The van der Waals surface area contributed by atoms with Gasteiger partial charge in [-0.15, -0.1) is 0 Å². The molecule has 4 rings (SSSR count). The van der Waals surface area contributed by atoms with Gasteiger partial charge in [0, 0.05) is 24.2 Å². The van der Waals surface area contributed by atoms with E-state index in [2.05, 4.69) is 10.2 Å². The van der Waals surface area contributed by atoms with Crippen LogP contribution in [0.2, 0.25) is 0 Å². The maximum atomic E-state index is 13.0. The Morgan fingerprint density at radius 2 is 1.77 bits per heavy atom. The highest BCUT2D eigenvalue weighted by molar-refractivity contribution is 6.02. The summed E-state index contributed by atoms with van der Waals surface area (Å²) in [5.41, 5.74) is 2.88. The Bertz CT molecular complexity index is 1090. The van der Waals surface area contributed by atoms with Crippen molar-refractivity contribution in [2.45, 2.75) is 32.8 Å². The molecular formula is C24H25N3O3. The monoisotopic (exact) mass is 403 g/mol. The van der Waals surface area contributed by atoms with Gasteiger partial charge in [0.05, 0.1) is 5.52 Å². The summed E-state index contributed by atoms with van der Waals surface area (Å²) < 4.78 is 5.54. The van der Waals surface area contributed by atoms with Gasteiger partial charge in [0.15, 0.2) is 6.10 Å². The molecule has 2 heterocycles. The zero-order chi connectivity index (χ0) is 21.1. The molecule has 3 aromatic rings. The molecule has 1 atom stereocenters. The number of anilines is 2. The third kappa shape index (κ3) is 4.13. The Morgan fingerprint density at radius 3 is 2.53 bits per heavy atom. The lowest BCUT2D eigenvalue weighted by Crippen LogP contribution is -2.31. The largest absolute Gasteiger partial charge is 0.449 e. The van der Waals surface area contributed by atoms with Crippen LogP contribution in [0.5, 0.6) is 0 Å². The summed E-state index contributed by atoms with van der Waals surface area (Å²) in [5, 5.41) is 3.69.